The van der Waals surface area contributed by atoms with Gasteiger partial charge in [0.1, 0.15) is 0 Å². The molecule has 90 valence electrons. The number of nitrogens with one attached hydrogen (secondary N) is 1. The summed E-state index contributed by atoms with van der Waals surface area (Å²) < 4.78 is 5.65. The van der Waals surface area contributed by atoms with Crippen molar-refractivity contribution in [1.82, 2.24) is 10.2 Å². The van der Waals surface area contributed by atoms with E-state index in [0.717, 1.165) is 19.7 Å². The lowest BCUT2D eigenvalue weighted by Crippen LogP contribution is -2.53. The van der Waals surface area contributed by atoms with Crippen LogP contribution in [0.5, 0.6) is 0 Å². The molecule has 0 bridgehead atoms. The first-order chi connectivity index (χ1) is 7.06. The Kier molecular flexibility index (Phi) is 5.03. The predicted octanol–water partition coefficient (Wildman–Crippen LogP) is 1.34. The molecule has 0 aromatic heterocycles. The third-order valence-electron chi connectivity index (χ3n) is 3.53. The molecule has 0 aromatic carbocycles. The Labute approximate surface area is 94.2 Å². The largest absolute Gasteiger partial charge is 0.376 e. The average Bonchev–Trinajstić information content (AvgIpc) is 2.21. The van der Waals surface area contributed by atoms with Crippen molar-refractivity contribution in [3.8, 4) is 0 Å². The highest BCUT2D eigenvalue weighted by Gasteiger charge is 2.29. The van der Waals surface area contributed by atoms with Gasteiger partial charge in [-0.25, -0.2) is 0 Å². The van der Waals surface area contributed by atoms with Gasteiger partial charge in [0.15, 0.2) is 0 Å². The summed E-state index contributed by atoms with van der Waals surface area (Å²) in [5, 5.41) is 3.26. The van der Waals surface area contributed by atoms with Gasteiger partial charge in [-0.3, -0.25) is 4.90 Å². The number of hydrogen-bond donors (Lipinski definition) is 1. The van der Waals surface area contributed by atoms with Crippen LogP contribution in [0.3, 0.4) is 0 Å². The highest BCUT2D eigenvalue weighted by Crippen LogP contribution is 2.19. The Hall–Kier alpha value is -0.120. The van der Waals surface area contributed by atoms with Crippen LogP contribution in [0.25, 0.3) is 0 Å². The molecule has 3 heteroatoms. The van der Waals surface area contributed by atoms with Gasteiger partial charge >= 0.3 is 0 Å². The topological polar surface area (TPSA) is 24.5 Å². The Morgan fingerprint density at radius 2 is 2.07 bits per heavy atom. The van der Waals surface area contributed by atoms with Crippen molar-refractivity contribution in [3.63, 3.8) is 0 Å². The molecule has 1 saturated heterocycles. The van der Waals surface area contributed by atoms with Gasteiger partial charge in [-0.15, -0.1) is 0 Å². The van der Waals surface area contributed by atoms with Gasteiger partial charge in [-0.1, -0.05) is 6.92 Å². The number of ether oxygens (including phenoxy) is 1. The molecule has 15 heavy (non-hydrogen) atoms. The van der Waals surface area contributed by atoms with E-state index in [1.54, 1.807) is 0 Å². The highest BCUT2D eigenvalue weighted by molar-refractivity contribution is 4.82. The normalized spacial score (nSPS) is 32.6. The summed E-state index contributed by atoms with van der Waals surface area (Å²) in [6, 6.07) is 1.18. The zero-order valence-electron chi connectivity index (χ0n) is 10.8. The number of morpholine rings is 1. The fourth-order valence-corrected chi connectivity index (χ4v) is 2.32. The van der Waals surface area contributed by atoms with Crippen molar-refractivity contribution in [2.75, 3.05) is 26.7 Å². The van der Waals surface area contributed by atoms with Crippen LogP contribution in [0.4, 0.5) is 0 Å². The molecule has 0 aromatic rings. The minimum absolute atomic E-state index is 0.380. The van der Waals surface area contributed by atoms with Gasteiger partial charge in [0, 0.05) is 18.6 Å². The third kappa shape index (κ3) is 3.44. The molecule has 0 aliphatic carbocycles. The Morgan fingerprint density at radius 1 is 1.40 bits per heavy atom. The van der Waals surface area contributed by atoms with Crippen molar-refractivity contribution in [1.29, 1.82) is 0 Å². The van der Waals surface area contributed by atoms with Crippen LogP contribution in [-0.2, 0) is 4.74 Å². The number of nitrogens with zero attached hydrogens (tertiary/aromatic N) is 1. The van der Waals surface area contributed by atoms with E-state index in [9.17, 15) is 0 Å². The minimum Gasteiger partial charge on any atom is -0.376 e. The molecule has 1 heterocycles. The average molecular weight is 214 g/mol. The summed E-state index contributed by atoms with van der Waals surface area (Å²) >= 11 is 0. The lowest BCUT2D eigenvalue weighted by atomic mass is 9.99. The maximum atomic E-state index is 5.65. The van der Waals surface area contributed by atoms with E-state index in [-0.39, 0.29) is 0 Å². The van der Waals surface area contributed by atoms with Gasteiger partial charge in [0.25, 0.3) is 0 Å². The summed E-state index contributed by atoms with van der Waals surface area (Å²) in [6.07, 6.45) is 0.380. The first-order valence-electron chi connectivity index (χ1n) is 6.08. The summed E-state index contributed by atoms with van der Waals surface area (Å²) in [5.74, 6) is 0.683. The summed E-state index contributed by atoms with van der Waals surface area (Å²) in [6.45, 7) is 12.1. The smallest absolute Gasteiger partial charge is 0.0674 e. The first kappa shape index (κ1) is 12.9. The molecule has 3 nitrogen and oxygen atoms in total. The van der Waals surface area contributed by atoms with E-state index < -0.39 is 0 Å². The second-order valence-corrected chi connectivity index (χ2v) is 4.97. The third-order valence-corrected chi connectivity index (χ3v) is 3.53. The highest BCUT2D eigenvalue weighted by atomic mass is 16.5. The molecule has 0 spiro atoms. The molecular weight excluding hydrogens is 188 g/mol. The molecule has 1 rings (SSSR count). The van der Waals surface area contributed by atoms with Crippen molar-refractivity contribution in [2.45, 2.75) is 45.9 Å². The Bertz CT molecular complexity index is 186. The molecule has 0 saturated carbocycles. The molecule has 0 radical (unpaired) electrons. The number of rotatable bonds is 4. The van der Waals surface area contributed by atoms with Gasteiger partial charge in [-0.2, -0.15) is 0 Å². The van der Waals surface area contributed by atoms with Crippen molar-refractivity contribution in [3.05, 3.63) is 0 Å². The molecular formula is C12H26N2O. The van der Waals surface area contributed by atoms with Crippen LogP contribution in [-0.4, -0.2) is 49.8 Å². The Morgan fingerprint density at radius 3 is 2.67 bits per heavy atom. The summed E-state index contributed by atoms with van der Waals surface area (Å²) in [7, 11) is 2.02. The Balaban J connectivity index is 2.51. The lowest BCUT2D eigenvalue weighted by Gasteiger charge is -2.42. The molecule has 1 N–H and O–H groups in total. The summed E-state index contributed by atoms with van der Waals surface area (Å²) in [5.41, 5.74) is 0. The second-order valence-electron chi connectivity index (χ2n) is 4.97. The number of hydrogen-bond acceptors (Lipinski definition) is 3. The SMILES string of the molecule is CNCC(C)C(C)N1CC(C)OCC1C. The fraction of sp³-hybridized carbons (Fsp3) is 1.00. The van der Waals surface area contributed by atoms with Crippen LogP contribution in [0.1, 0.15) is 27.7 Å². The van der Waals surface area contributed by atoms with Crippen LogP contribution in [0.2, 0.25) is 0 Å². The predicted molar refractivity (Wildman–Crippen MR) is 64.1 cm³/mol. The van der Waals surface area contributed by atoms with Crippen molar-refractivity contribution >= 4 is 0 Å². The van der Waals surface area contributed by atoms with Gasteiger partial charge in [-0.05, 0) is 40.3 Å². The van der Waals surface area contributed by atoms with E-state index in [1.807, 2.05) is 7.05 Å². The monoisotopic (exact) mass is 214 g/mol. The van der Waals surface area contributed by atoms with Gasteiger partial charge < -0.3 is 10.1 Å². The molecule has 1 aliphatic rings. The quantitative estimate of drug-likeness (QED) is 0.764. The van der Waals surface area contributed by atoms with Gasteiger partial charge in [0.05, 0.1) is 12.7 Å². The van der Waals surface area contributed by atoms with Crippen LogP contribution in [0.15, 0.2) is 0 Å². The summed E-state index contributed by atoms with van der Waals surface area (Å²) in [4.78, 5) is 2.58. The van der Waals surface area contributed by atoms with Crippen LogP contribution < -0.4 is 5.32 Å². The maximum Gasteiger partial charge on any atom is 0.0674 e. The van der Waals surface area contributed by atoms with Crippen LogP contribution in [0, 0.1) is 5.92 Å². The zero-order valence-corrected chi connectivity index (χ0v) is 10.8. The molecule has 1 aliphatic heterocycles. The standard InChI is InChI=1S/C12H26N2O/c1-9(6-13-5)12(4)14-7-11(3)15-8-10(14)2/h9-13H,6-8H2,1-5H3. The maximum absolute atomic E-state index is 5.65. The molecule has 4 unspecified atom stereocenters. The van der Waals surface area contributed by atoms with E-state index in [0.29, 0.717) is 24.1 Å². The van der Waals surface area contributed by atoms with E-state index in [1.165, 1.54) is 0 Å². The zero-order chi connectivity index (χ0) is 11.4. The second kappa shape index (κ2) is 5.83. The molecule has 1 fully saturated rings. The first-order valence-corrected chi connectivity index (χ1v) is 6.08. The fourth-order valence-electron chi connectivity index (χ4n) is 2.32. The van der Waals surface area contributed by atoms with E-state index in [4.69, 9.17) is 4.74 Å². The van der Waals surface area contributed by atoms with Crippen molar-refractivity contribution in [2.24, 2.45) is 5.92 Å². The molecule has 0 amide bonds. The minimum atomic E-state index is 0.380. The van der Waals surface area contributed by atoms with Gasteiger partial charge in [0.2, 0.25) is 0 Å². The van der Waals surface area contributed by atoms with E-state index >= 15 is 0 Å². The lowest BCUT2D eigenvalue weighted by molar-refractivity contribution is -0.0705. The van der Waals surface area contributed by atoms with Crippen molar-refractivity contribution < 1.29 is 4.74 Å². The van der Waals surface area contributed by atoms with E-state index in [2.05, 4.69) is 37.9 Å². The van der Waals surface area contributed by atoms with Crippen LogP contribution >= 0.6 is 0 Å². The molecule has 4 atom stereocenters.